The van der Waals surface area contributed by atoms with Crippen LogP contribution >= 0.6 is 23.2 Å². The summed E-state index contributed by atoms with van der Waals surface area (Å²) in [7, 11) is 0. The van der Waals surface area contributed by atoms with Gasteiger partial charge in [0.1, 0.15) is 11.6 Å². The highest BCUT2D eigenvalue weighted by molar-refractivity contribution is 6.36. The Morgan fingerprint density at radius 2 is 1.76 bits per heavy atom. The van der Waals surface area contributed by atoms with Crippen molar-refractivity contribution < 1.29 is 14.6 Å². The molecule has 1 aliphatic carbocycles. The second-order valence-electron chi connectivity index (χ2n) is 8.34. The fraction of sp³-hybridized carbons (Fsp3) is 0.185. The third-order valence-corrected chi connectivity index (χ3v) is 6.72. The van der Waals surface area contributed by atoms with Crippen molar-refractivity contribution >= 4 is 29.2 Å². The van der Waals surface area contributed by atoms with E-state index >= 15 is 0 Å². The molecule has 1 N–H and O–H groups in total. The number of carbonyl (C=O) groups excluding carboxylic acids is 1. The number of hydrogen-bond acceptors (Lipinski definition) is 4. The van der Waals surface area contributed by atoms with Gasteiger partial charge in [-0.15, -0.1) is 0 Å². The summed E-state index contributed by atoms with van der Waals surface area (Å²) in [6.45, 7) is 2.11. The van der Waals surface area contributed by atoms with Gasteiger partial charge in [-0.2, -0.15) is 0 Å². The standard InChI is InChI=1S/C27H22Cl2N2O3/c1-2-34-25(33)17-3-8-20(9-4-17)31-16-24(22-12-7-19(28)15-23(22)29)30-26(31)27(13-14-27)18-5-10-21(32)11-6-18/h3-12,15-16,32H,2,13-14H2,1H3. The number of ether oxygens (including phenoxy) is 1. The maximum atomic E-state index is 12.1. The van der Waals surface area contributed by atoms with Gasteiger partial charge in [0.25, 0.3) is 0 Å². The molecular formula is C27H22Cl2N2O3. The van der Waals surface area contributed by atoms with Crippen LogP contribution in [0.2, 0.25) is 10.0 Å². The zero-order chi connectivity index (χ0) is 23.9. The van der Waals surface area contributed by atoms with Crippen LogP contribution in [0.15, 0.2) is 72.9 Å². The fourth-order valence-corrected chi connectivity index (χ4v) is 4.77. The van der Waals surface area contributed by atoms with Crippen LogP contribution in [0.4, 0.5) is 0 Å². The molecule has 7 heteroatoms. The highest BCUT2D eigenvalue weighted by Gasteiger charge is 2.49. The molecule has 34 heavy (non-hydrogen) atoms. The largest absolute Gasteiger partial charge is 0.508 e. The molecule has 5 rings (SSSR count). The van der Waals surface area contributed by atoms with E-state index in [-0.39, 0.29) is 17.1 Å². The zero-order valence-corrected chi connectivity index (χ0v) is 20.0. The third-order valence-electron chi connectivity index (χ3n) is 6.17. The molecule has 1 aromatic heterocycles. The molecule has 0 unspecified atom stereocenters. The number of rotatable bonds is 6. The number of halogens is 2. The van der Waals surface area contributed by atoms with Crippen LogP contribution < -0.4 is 0 Å². The van der Waals surface area contributed by atoms with Crippen LogP contribution in [0, 0.1) is 0 Å². The van der Waals surface area contributed by atoms with Crippen molar-refractivity contribution in [2.24, 2.45) is 0 Å². The highest BCUT2D eigenvalue weighted by Crippen LogP contribution is 2.54. The molecule has 1 heterocycles. The number of imidazole rings is 1. The summed E-state index contributed by atoms with van der Waals surface area (Å²) in [5, 5.41) is 10.9. The molecule has 1 saturated carbocycles. The Morgan fingerprint density at radius 3 is 2.38 bits per heavy atom. The number of esters is 1. The van der Waals surface area contributed by atoms with Crippen LogP contribution in [-0.4, -0.2) is 27.2 Å². The van der Waals surface area contributed by atoms with Crippen LogP contribution in [0.1, 0.15) is 41.5 Å². The van der Waals surface area contributed by atoms with Crippen LogP contribution in [-0.2, 0) is 10.2 Å². The minimum atomic E-state index is -0.351. The molecule has 1 aliphatic rings. The average molecular weight is 493 g/mol. The Balaban J connectivity index is 1.63. The van der Waals surface area contributed by atoms with Crippen molar-refractivity contribution in [2.45, 2.75) is 25.2 Å². The highest BCUT2D eigenvalue weighted by atomic mass is 35.5. The summed E-state index contributed by atoms with van der Waals surface area (Å²) in [5.41, 5.74) is 3.70. The number of carbonyl (C=O) groups is 1. The summed E-state index contributed by atoms with van der Waals surface area (Å²) in [4.78, 5) is 17.2. The van der Waals surface area contributed by atoms with E-state index in [1.165, 1.54) is 0 Å². The van der Waals surface area contributed by atoms with Gasteiger partial charge in [-0.1, -0.05) is 35.3 Å². The second kappa shape index (κ2) is 8.82. The Morgan fingerprint density at radius 1 is 1.06 bits per heavy atom. The van der Waals surface area contributed by atoms with Crippen LogP contribution in [0.25, 0.3) is 16.9 Å². The first-order chi connectivity index (χ1) is 16.4. The molecule has 0 aliphatic heterocycles. The number of phenols is 1. The average Bonchev–Trinajstić information content (AvgIpc) is 3.51. The normalized spacial score (nSPS) is 14.1. The molecule has 172 valence electrons. The third kappa shape index (κ3) is 4.06. The van der Waals surface area contributed by atoms with Gasteiger partial charge in [0, 0.05) is 22.5 Å². The Labute approximate surface area is 207 Å². The van der Waals surface area contributed by atoms with Crippen molar-refractivity contribution in [2.75, 3.05) is 6.61 Å². The SMILES string of the molecule is CCOC(=O)c1ccc(-n2cc(-c3ccc(Cl)cc3Cl)nc2C2(c3ccc(O)cc3)CC2)cc1. The van der Waals surface area contributed by atoms with E-state index in [9.17, 15) is 9.90 Å². The smallest absolute Gasteiger partial charge is 0.338 e. The van der Waals surface area contributed by atoms with Crippen LogP contribution in [0.5, 0.6) is 5.75 Å². The molecule has 0 atom stereocenters. The van der Waals surface area contributed by atoms with Gasteiger partial charge in [0.05, 0.1) is 28.3 Å². The van der Waals surface area contributed by atoms with Crippen LogP contribution in [0.3, 0.4) is 0 Å². The lowest BCUT2D eigenvalue weighted by Crippen LogP contribution is -2.15. The lowest BCUT2D eigenvalue weighted by atomic mass is 9.94. The van der Waals surface area contributed by atoms with Crippen molar-refractivity contribution in [1.82, 2.24) is 9.55 Å². The zero-order valence-electron chi connectivity index (χ0n) is 18.5. The summed E-state index contributed by atoms with van der Waals surface area (Å²) >= 11 is 12.6. The minimum absolute atomic E-state index is 0.228. The van der Waals surface area contributed by atoms with Gasteiger partial charge in [0.15, 0.2) is 0 Å². The molecule has 0 radical (unpaired) electrons. The number of hydrogen-bond donors (Lipinski definition) is 1. The number of benzene rings is 3. The topological polar surface area (TPSA) is 64.4 Å². The minimum Gasteiger partial charge on any atom is -0.508 e. The molecule has 1 fully saturated rings. The molecule has 0 bridgehead atoms. The van der Waals surface area contributed by atoms with E-state index < -0.39 is 0 Å². The van der Waals surface area contributed by atoms with Crippen molar-refractivity contribution in [3.8, 4) is 22.7 Å². The lowest BCUT2D eigenvalue weighted by Gasteiger charge is -2.18. The van der Waals surface area contributed by atoms with E-state index in [1.54, 1.807) is 43.3 Å². The Hall–Kier alpha value is -3.28. The van der Waals surface area contributed by atoms with Gasteiger partial charge in [-0.25, -0.2) is 9.78 Å². The van der Waals surface area contributed by atoms with Crippen molar-refractivity contribution in [3.63, 3.8) is 0 Å². The Bertz CT molecular complexity index is 1360. The quantitative estimate of drug-likeness (QED) is 0.300. The van der Waals surface area contributed by atoms with E-state index in [2.05, 4.69) is 4.57 Å². The number of phenolic OH excluding ortho intramolecular Hbond substituents is 1. The predicted octanol–water partition coefficient (Wildman–Crippen LogP) is 6.81. The maximum absolute atomic E-state index is 12.1. The van der Waals surface area contributed by atoms with Gasteiger partial charge in [0.2, 0.25) is 0 Å². The predicted molar refractivity (Wildman–Crippen MR) is 133 cm³/mol. The maximum Gasteiger partial charge on any atom is 0.338 e. The van der Waals surface area contributed by atoms with E-state index in [1.807, 2.05) is 36.5 Å². The lowest BCUT2D eigenvalue weighted by molar-refractivity contribution is 0.0526. The van der Waals surface area contributed by atoms with Gasteiger partial charge in [-0.3, -0.25) is 0 Å². The summed E-state index contributed by atoms with van der Waals surface area (Å²) in [6, 6.07) is 19.9. The fourth-order valence-electron chi connectivity index (χ4n) is 4.26. The molecule has 0 amide bonds. The first-order valence-electron chi connectivity index (χ1n) is 11.0. The second-order valence-corrected chi connectivity index (χ2v) is 9.18. The summed E-state index contributed by atoms with van der Waals surface area (Å²) < 4.78 is 7.16. The monoisotopic (exact) mass is 492 g/mol. The molecule has 4 aromatic rings. The van der Waals surface area contributed by atoms with Crippen molar-refractivity contribution in [3.05, 3.63) is 99.9 Å². The van der Waals surface area contributed by atoms with Gasteiger partial charge >= 0.3 is 5.97 Å². The molecule has 5 nitrogen and oxygen atoms in total. The number of nitrogens with zero attached hydrogens (tertiary/aromatic N) is 2. The van der Waals surface area contributed by atoms with Crippen molar-refractivity contribution in [1.29, 1.82) is 0 Å². The molecule has 0 saturated heterocycles. The number of aromatic nitrogens is 2. The van der Waals surface area contributed by atoms with Gasteiger partial charge < -0.3 is 14.4 Å². The van der Waals surface area contributed by atoms with E-state index in [0.29, 0.717) is 22.2 Å². The molecule has 0 spiro atoms. The summed E-state index contributed by atoms with van der Waals surface area (Å²) in [5.74, 6) is 0.755. The van der Waals surface area contributed by atoms with E-state index in [4.69, 9.17) is 32.9 Å². The summed E-state index contributed by atoms with van der Waals surface area (Å²) in [6.07, 6.45) is 3.83. The molecular weight excluding hydrogens is 471 g/mol. The Kier molecular flexibility index (Phi) is 5.84. The molecule has 3 aromatic carbocycles. The number of aromatic hydroxyl groups is 1. The first-order valence-corrected chi connectivity index (χ1v) is 11.8. The first kappa shape index (κ1) is 22.5. The van der Waals surface area contributed by atoms with Gasteiger partial charge in [-0.05, 0) is 79.9 Å². The van der Waals surface area contributed by atoms with E-state index in [0.717, 1.165) is 41.2 Å².